The number of aromatic nitrogens is 1. The molecule has 1 aromatic heterocycles. The van der Waals surface area contributed by atoms with Gasteiger partial charge in [0.2, 0.25) is 0 Å². The Hall–Kier alpha value is -2.29. The Morgan fingerprint density at radius 1 is 1.33 bits per heavy atom. The zero-order chi connectivity index (χ0) is 15.5. The number of nitrogen functional groups attached to an aromatic ring is 1. The Morgan fingerprint density at radius 3 is 2.52 bits per heavy atom. The molecule has 0 radical (unpaired) electrons. The van der Waals surface area contributed by atoms with E-state index >= 15 is 0 Å². The highest BCUT2D eigenvalue weighted by Gasteiger charge is 2.30. The molecule has 1 amide bonds. The fraction of sp³-hybridized carbons (Fsp3) is 0.167. The van der Waals surface area contributed by atoms with Crippen LogP contribution in [0.25, 0.3) is 0 Å². The number of halogens is 3. The predicted molar refractivity (Wildman–Crippen MR) is 70.8 cm³/mol. The second-order valence-corrected chi connectivity index (χ2v) is 4.84. The van der Waals surface area contributed by atoms with E-state index in [0.717, 1.165) is 11.3 Å². The van der Waals surface area contributed by atoms with Crippen LogP contribution in [0.3, 0.4) is 0 Å². The molecule has 1 aromatic carbocycles. The van der Waals surface area contributed by atoms with Gasteiger partial charge in [0.15, 0.2) is 5.13 Å². The van der Waals surface area contributed by atoms with Crippen molar-refractivity contribution in [2.75, 3.05) is 5.73 Å². The summed E-state index contributed by atoms with van der Waals surface area (Å²) in [7, 11) is 0. The standard InChI is InChI=1S/C12H10F3N3O2S/c13-12(14,15)20-8-3-1-7(2-4-8)5-17-10(19)9-6-21-11(16)18-9/h1-4,6H,5H2,(H2,16,18)(H,17,19). The minimum atomic E-state index is -4.72. The van der Waals surface area contributed by atoms with Crippen LogP contribution in [-0.4, -0.2) is 17.3 Å². The first-order valence-corrected chi connectivity index (χ1v) is 6.55. The fourth-order valence-electron chi connectivity index (χ4n) is 1.47. The minimum absolute atomic E-state index is 0.155. The van der Waals surface area contributed by atoms with Crippen molar-refractivity contribution in [1.29, 1.82) is 0 Å². The smallest absolute Gasteiger partial charge is 0.406 e. The van der Waals surface area contributed by atoms with Crippen LogP contribution < -0.4 is 15.8 Å². The minimum Gasteiger partial charge on any atom is -0.406 e. The molecule has 2 rings (SSSR count). The number of rotatable bonds is 4. The van der Waals surface area contributed by atoms with Crippen LogP contribution in [-0.2, 0) is 6.54 Å². The van der Waals surface area contributed by atoms with Crippen LogP contribution in [0.1, 0.15) is 16.1 Å². The number of nitrogens with one attached hydrogen (secondary N) is 1. The van der Waals surface area contributed by atoms with E-state index in [1.807, 2.05) is 0 Å². The van der Waals surface area contributed by atoms with Gasteiger partial charge in [-0.3, -0.25) is 4.79 Å². The number of hydrogen-bond donors (Lipinski definition) is 2. The number of benzene rings is 1. The van der Waals surface area contributed by atoms with Crippen LogP contribution in [0.2, 0.25) is 0 Å². The lowest BCUT2D eigenvalue weighted by molar-refractivity contribution is -0.274. The molecular formula is C12H10F3N3O2S. The summed E-state index contributed by atoms with van der Waals surface area (Å²) < 4.78 is 39.7. The zero-order valence-electron chi connectivity index (χ0n) is 10.5. The van der Waals surface area contributed by atoms with Crippen molar-refractivity contribution >= 4 is 22.4 Å². The first-order chi connectivity index (χ1) is 9.83. The van der Waals surface area contributed by atoms with E-state index in [1.54, 1.807) is 0 Å². The first kappa shape index (κ1) is 15.1. The average Bonchev–Trinajstić information content (AvgIpc) is 2.82. The van der Waals surface area contributed by atoms with Gasteiger partial charge in [-0.05, 0) is 17.7 Å². The summed E-state index contributed by atoms with van der Waals surface area (Å²) in [5.74, 6) is -0.719. The van der Waals surface area contributed by atoms with Gasteiger partial charge in [0.05, 0.1) is 0 Å². The van der Waals surface area contributed by atoms with Gasteiger partial charge in [-0.2, -0.15) is 0 Å². The van der Waals surface area contributed by atoms with E-state index in [9.17, 15) is 18.0 Å². The average molecular weight is 317 g/mol. The summed E-state index contributed by atoms with van der Waals surface area (Å²) in [4.78, 5) is 15.5. The molecule has 0 aliphatic rings. The predicted octanol–water partition coefficient (Wildman–Crippen LogP) is 2.55. The number of hydrogen-bond acceptors (Lipinski definition) is 5. The Morgan fingerprint density at radius 2 is 2.00 bits per heavy atom. The Bertz CT molecular complexity index is 625. The molecule has 0 saturated carbocycles. The molecular weight excluding hydrogens is 307 g/mol. The topological polar surface area (TPSA) is 77.2 Å². The molecule has 1 heterocycles. The van der Waals surface area contributed by atoms with Crippen LogP contribution >= 0.6 is 11.3 Å². The van der Waals surface area contributed by atoms with Gasteiger partial charge in [-0.25, -0.2) is 4.98 Å². The van der Waals surface area contributed by atoms with E-state index in [1.165, 1.54) is 29.6 Å². The lowest BCUT2D eigenvalue weighted by Gasteiger charge is -2.09. The maximum absolute atomic E-state index is 12.0. The third-order valence-electron chi connectivity index (χ3n) is 2.36. The molecule has 0 unspecified atom stereocenters. The summed E-state index contributed by atoms with van der Waals surface area (Å²) in [6.07, 6.45) is -4.72. The molecule has 0 aliphatic carbocycles. The molecule has 3 N–H and O–H groups in total. The number of nitrogens with two attached hydrogens (primary N) is 1. The van der Waals surface area contributed by atoms with Gasteiger partial charge < -0.3 is 15.8 Å². The molecule has 0 fully saturated rings. The van der Waals surface area contributed by atoms with Gasteiger partial charge >= 0.3 is 6.36 Å². The van der Waals surface area contributed by atoms with Gasteiger partial charge in [0, 0.05) is 11.9 Å². The van der Waals surface area contributed by atoms with E-state index in [2.05, 4.69) is 15.0 Å². The second kappa shape index (κ2) is 6.00. The van der Waals surface area contributed by atoms with Gasteiger partial charge in [-0.1, -0.05) is 12.1 Å². The van der Waals surface area contributed by atoms with E-state index in [0.29, 0.717) is 5.56 Å². The van der Waals surface area contributed by atoms with Gasteiger partial charge in [0.25, 0.3) is 5.91 Å². The molecule has 0 bridgehead atoms. The summed E-state index contributed by atoms with van der Waals surface area (Å²) in [5, 5.41) is 4.39. The Kier molecular flexibility index (Phi) is 4.32. The van der Waals surface area contributed by atoms with Crippen molar-refractivity contribution in [3.8, 4) is 5.75 Å². The Labute approximate surface area is 121 Å². The Balaban J connectivity index is 1.90. The molecule has 0 aliphatic heterocycles. The quantitative estimate of drug-likeness (QED) is 0.908. The third-order valence-corrected chi connectivity index (χ3v) is 3.04. The number of amides is 1. The second-order valence-electron chi connectivity index (χ2n) is 3.95. The van der Waals surface area contributed by atoms with Crippen molar-refractivity contribution < 1.29 is 22.7 Å². The summed E-state index contributed by atoms with van der Waals surface area (Å²) in [6.45, 7) is 0.155. The normalized spacial score (nSPS) is 11.2. The summed E-state index contributed by atoms with van der Waals surface area (Å²) in [5.41, 5.74) is 6.24. The van der Waals surface area contributed by atoms with Crippen molar-refractivity contribution in [1.82, 2.24) is 10.3 Å². The van der Waals surface area contributed by atoms with Crippen LogP contribution in [0.15, 0.2) is 29.6 Å². The molecule has 21 heavy (non-hydrogen) atoms. The van der Waals surface area contributed by atoms with Gasteiger partial charge in [0.1, 0.15) is 11.4 Å². The SMILES string of the molecule is Nc1nc(C(=O)NCc2ccc(OC(F)(F)F)cc2)cs1. The molecule has 0 spiro atoms. The highest BCUT2D eigenvalue weighted by Crippen LogP contribution is 2.22. The van der Waals surface area contributed by atoms with E-state index in [4.69, 9.17) is 5.73 Å². The third kappa shape index (κ3) is 4.63. The fourth-order valence-corrected chi connectivity index (χ4v) is 2.02. The largest absolute Gasteiger partial charge is 0.573 e. The number of anilines is 1. The van der Waals surface area contributed by atoms with Gasteiger partial charge in [-0.15, -0.1) is 24.5 Å². The van der Waals surface area contributed by atoms with Crippen molar-refractivity contribution in [2.45, 2.75) is 12.9 Å². The molecule has 0 saturated heterocycles. The number of carbonyl (C=O) groups excluding carboxylic acids is 1. The molecule has 112 valence electrons. The maximum Gasteiger partial charge on any atom is 0.573 e. The number of ether oxygens (including phenoxy) is 1. The van der Waals surface area contributed by atoms with Crippen molar-refractivity contribution in [2.24, 2.45) is 0 Å². The highest BCUT2D eigenvalue weighted by molar-refractivity contribution is 7.13. The summed E-state index contributed by atoms with van der Waals surface area (Å²) in [6, 6.07) is 5.21. The molecule has 0 atom stereocenters. The number of carbonyl (C=O) groups is 1. The zero-order valence-corrected chi connectivity index (χ0v) is 11.3. The highest BCUT2D eigenvalue weighted by atomic mass is 32.1. The lowest BCUT2D eigenvalue weighted by atomic mass is 10.2. The maximum atomic E-state index is 12.0. The van der Waals surface area contributed by atoms with Crippen LogP contribution in [0.5, 0.6) is 5.75 Å². The molecule has 9 heteroatoms. The number of alkyl halides is 3. The van der Waals surface area contributed by atoms with E-state index < -0.39 is 12.3 Å². The summed E-state index contributed by atoms with van der Waals surface area (Å²) >= 11 is 1.14. The monoisotopic (exact) mass is 317 g/mol. The van der Waals surface area contributed by atoms with E-state index in [-0.39, 0.29) is 23.1 Å². The first-order valence-electron chi connectivity index (χ1n) is 5.67. The van der Waals surface area contributed by atoms with Crippen LogP contribution in [0.4, 0.5) is 18.3 Å². The number of thiazole rings is 1. The van der Waals surface area contributed by atoms with Crippen molar-refractivity contribution in [3.05, 3.63) is 40.9 Å². The van der Waals surface area contributed by atoms with Crippen molar-refractivity contribution in [3.63, 3.8) is 0 Å². The van der Waals surface area contributed by atoms with Crippen LogP contribution in [0, 0.1) is 0 Å². The lowest BCUT2D eigenvalue weighted by Crippen LogP contribution is -2.23. The number of nitrogens with zero attached hydrogens (tertiary/aromatic N) is 1. The molecule has 5 nitrogen and oxygen atoms in total. The molecule has 2 aromatic rings.